The zero-order valence-corrected chi connectivity index (χ0v) is 12.7. The molecule has 0 N–H and O–H groups in total. The largest absolute Gasteiger partial charge is 0.416 e. The predicted octanol–water partition coefficient (Wildman–Crippen LogP) is 2.62. The van der Waals surface area contributed by atoms with Crippen LogP contribution >= 0.6 is 0 Å². The first kappa shape index (κ1) is 16.4. The fraction of sp³-hybridized carbons (Fsp3) is 0.400. The lowest BCUT2D eigenvalue weighted by molar-refractivity contribution is -0.137. The summed E-state index contributed by atoms with van der Waals surface area (Å²) in [4.78, 5) is 17.7. The normalized spacial score (nSPS) is 18.2. The smallest absolute Gasteiger partial charge is 0.380 e. The van der Waals surface area contributed by atoms with E-state index in [9.17, 15) is 18.0 Å². The molecule has 128 valence electrons. The third-order valence-electron chi connectivity index (χ3n) is 3.82. The van der Waals surface area contributed by atoms with Crippen molar-refractivity contribution in [3.8, 4) is 11.4 Å². The molecule has 24 heavy (non-hydrogen) atoms. The summed E-state index contributed by atoms with van der Waals surface area (Å²) in [6.07, 6.45) is -3.81. The third-order valence-corrected chi connectivity index (χ3v) is 3.82. The zero-order valence-electron chi connectivity index (χ0n) is 12.7. The SMILES string of the molecule is CO[C@H]1CCN(C(=O)c2nc(-c3cccc(C(F)(F)F)c3)no2)C1. The molecular formula is C15H14F3N3O3. The summed E-state index contributed by atoms with van der Waals surface area (Å²) >= 11 is 0. The number of benzene rings is 1. The van der Waals surface area contributed by atoms with Crippen LogP contribution in [0.15, 0.2) is 28.8 Å². The van der Waals surface area contributed by atoms with Gasteiger partial charge >= 0.3 is 18.0 Å². The highest BCUT2D eigenvalue weighted by molar-refractivity contribution is 5.90. The summed E-state index contributed by atoms with van der Waals surface area (Å²) in [6.45, 7) is 0.912. The topological polar surface area (TPSA) is 68.5 Å². The Morgan fingerprint density at radius 1 is 1.42 bits per heavy atom. The van der Waals surface area contributed by atoms with Crippen molar-refractivity contribution in [1.82, 2.24) is 15.0 Å². The summed E-state index contributed by atoms with van der Waals surface area (Å²) in [5.41, 5.74) is -0.691. The number of amides is 1. The Hall–Kier alpha value is -2.42. The van der Waals surface area contributed by atoms with E-state index in [1.165, 1.54) is 17.0 Å². The molecule has 3 rings (SSSR count). The van der Waals surface area contributed by atoms with Crippen LogP contribution in [0, 0.1) is 0 Å². The van der Waals surface area contributed by atoms with Crippen LogP contribution in [0.4, 0.5) is 13.2 Å². The van der Waals surface area contributed by atoms with Gasteiger partial charge in [0.15, 0.2) is 0 Å². The molecule has 1 aliphatic rings. The van der Waals surface area contributed by atoms with Crippen molar-refractivity contribution in [3.63, 3.8) is 0 Å². The van der Waals surface area contributed by atoms with Gasteiger partial charge in [-0.3, -0.25) is 4.79 Å². The second kappa shape index (κ2) is 6.23. The van der Waals surface area contributed by atoms with E-state index in [0.29, 0.717) is 19.5 Å². The minimum Gasteiger partial charge on any atom is -0.380 e. The van der Waals surface area contributed by atoms with Crippen LogP contribution in [-0.2, 0) is 10.9 Å². The minimum atomic E-state index is -4.47. The summed E-state index contributed by atoms with van der Waals surface area (Å²) in [6, 6.07) is 4.53. The lowest BCUT2D eigenvalue weighted by Crippen LogP contribution is -2.30. The fourth-order valence-electron chi connectivity index (χ4n) is 2.50. The maximum absolute atomic E-state index is 12.8. The van der Waals surface area contributed by atoms with Gasteiger partial charge in [0.1, 0.15) is 0 Å². The van der Waals surface area contributed by atoms with E-state index in [-0.39, 0.29) is 23.4 Å². The molecule has 0 saturated carbocycles. The molecule has 1 aromatic heterocycles. The number of halogens is 3. The molecule has 0 spiro atoms. The van der Waals surface area contributed by atoms with Crippen LogP contribution in [-0.4, -0.2) is 47.3 Å². The quantitative estimate of drug-likeness (QED) is 0.858. The Balaban J connectivity index is 1.80. The van der Waals surface area contributed by atoms with Crippen LogP contribution in [0.1, 0.15) is 22.7 Å². The average Bonchev–Trinajstić information content (AvgIpc) is 3.23. The van der Waals surface area contributed by atoms with Crippen molar-refractivity contribution in [2.45, 2.75) is 18.7 Å². The maximum atomic E-state index is 12.8. The van der Waals surface area contributed by atoms with Gasteiger partial charge in [0.05, 0.1) is 11.7 Å². The number of ether oxygens (including phenoxy) is 1. The molecule has 1 atom stereocenters. The van der Waals surface area contributed by atoms with Crippen molar-refractivity contribution in [1.29, 1.82) is 0 Å². The number of hydrogen-bond acceptors (Lipinski definition) is 5. The van der Waals surface area contributed by atoms with Crippen LogP contribution in [0.5, 0.6) is 0 Å². The fourth-order valence-corrected chi connectivity index (χ4v) is 2.50. The molecule has 1 saturated heterocycles. The van der Waals surface area contributed by atoms with Crippen LogP contribution in [0.25, 0.3) is 11.4 Å². The van der Waals surface area contributed by atoms with Crippen molar-refractivity contribution in [3.05, 3.63) is 35.7 Å². The number of hydrogen-bond donors (Lipinski definition) is 0. The lowest BCUT2D eigenvalue weighted by atomic mass is 10.1. The predicted molar refractivity (Wildman–Crippen MR) is 76.1 cm³/mol. The third kappa shape index (κ3) is 3.25. The summed E-state index contributed by atoms with van der Waals surface area (Å²) < 4.78 is 48.4. The number of carbonyl (C=O) groups is 1. The molecule has 2 aromatic rings. The molecule has 0 radical (unpaired) electrons. The standard InChI is InChI=1S/C15H14F3N3O3/c1-23-11-5-6-21(8-11)14(22)13-19-12(20-24-13)9-3-2-4-10(7-9)15(16,17)18/h2-4,7,11H,5-6,8H2,1H3/t11-/m0/s1. The number of alkyl halides is 3. The second-order valence-electron chi connectivity index (χ2n) is 5.40. The van der Waals surface area contributed by atoms with Gasteiger partial charge in [-0.1, -0.05) is 17.3 Å². The molecule has 9 heteroatoms. The Morgan fingerprint density at radius 3 is 2.88 bits per heavy atom. The molecule has 2 heterocycles. The van der Waals surface area contributed by atoms with Gasteiger partial charge in [0, 0.05) is 25.8 Å². The molecule has 6 nitrogen and oxygen atoms in total. The van der Waals surface area contributed by atoms with E-state index < -0.39 is 17.6 Å². The Morgan fingerprint density at radius 2 is 2.21 bits per heavy atom. The van der Waals surface area contributed by atoms with E-state index in [4.69, 9.17) is 9.26 Å². The second-order valence-corrected chi connectivity index (χ2v) is 5.40. The highest BCUT2D eigenvalue weighted by Crippen LogP contribution is 2.31. The van der Waals surface area contributed by atoms with Crippen molar-refractivity contribution in [2.75, 3.05) is 20.2 Å². The minimum absolute atomic E-state index is 0.0418. The first-order valence-corrected chi connectivity index (χ1v) is 7.22. The monoisotopic (exact) mass is 341 g/mol. The summed E-state index contributed by atoms with van der Waals surface area (Å²) in [7, 11) is 1.57. The number of aromatic nitrogens is 2. The van der Waals surface area contributed by atoms with E-state index >= 15 is 0 Å². The molecule has 0 unspecified atom stereocenters. The van der Waals surface area contributed by atoms with Gasteiger partial charge in [-0.15, -0.1) is 0 Å². The zero-order chi connectivity index (χ0) is 17.3. The Bertz CT molecular complexity index is 745. The van der Waals surface area contributed by atoms with E-state index in [1.807, 2.05) is 0 Å². The molecule has 1 fully saturated rings. The first-order valence-electron chi connectivity index (χ1n) is 7.22. The number of likely N-dealkylation sites (tertiary alicyclic amines) is 1. The van der Waals surface area contributed by atoms with Gasteiger partial charge in [-0.25, -0.2) is 0 Å². The summed E-state index contributed by atoms with van der Waals surface area (Å²) in [5, 5.41) is 3.61. The highest BCUT2D eigenvalue weighted by Gasteiger charge is 2.32. The van der Waals surface area contributed by atoms with Crippen molar-refractivity contribution in [2.24, 2.45) is 0 Å². The lowest BCUT2D eigenvalue weighted by Gasteiger charge is -2.12. The molecular weight excluding hydrogens is 327 g/mol. The molecule has 0 aliphatic carbocycles. The van der Waals surface area contributed by atoms with Gasteiger partial charge in [0.25, 0.3) is 0 Å². The Kier molecular flexibility index (Phi) is 4.27. The number of nitrogens with zero attached hydrogens (tertiary/aromatic N) is 3. The highest BCUT2D eigenvalue weighted by atomic mass is 19.4. The van der Waals surface area contributed by atoms with Gasteiger partial charge in [-0.05, 0) is 18.6 Å². The molecule has 1 aromatic carbocycles. The van der Waals surface area contributed by atoms with Gasteiger partial charge < -0.3 is 14.2 Å². The molecule has 0 bridgehead atoms. The van der Waals surface area contributed by atoms with Gasteiger partial charge in [0.2, 0.25) is 5.82 Å². The van der Waals surface area contributed by atoms with Gasteiger partial charge in [-0.2, -0.15) is 18.2 Å². The van der Waals surface area contributed by atoms with Crippen molar-refractivity contribution < 1.29 is 27.2 Å². The van der Waals surface area contributed by atoms with Crippen LogP contribution < -0.4 is 0 Å². The van der Waals surface area contributed by atoms with E-state index in [2.05, 4.69) is 10.1 Å². The molecule has 1 amide bonds. The van der Waals surface area contributed by atoms with E-state index in [1.54, 1.807) is 7.11 Å². The van der Waals surface area contributed by atoms with E-state index in [0.717, 1.165) is 12.1 Å². The number of carbonyl (C=O) groups excluding carboxylic acids is 1. The van der Waals surface area contributed by atoms with Crippen LogP contribution in [0.3, 0.4) is 0 Å². The number of methoxy groups -OCH3 is 1. The first-order chi connectivity index (χ1) is 11.4. The summed E-state index contributed by atoms with van der Waals surface area (Å²) in [5.74, 6) is -0.772. The number of rotatable bonds is 3. The Labute approximate surface area is 135 Å². The average molecular weight is 341 g/mol. The molecule has 1 aliphatic heterocycles. The van der Waals surface area contributed by atoms with Crippen LogP contribution in [0.2, 0.25) is 0 Å². The van der Waals surface area contributed by atoms with Crippen molar-refractivity contribution >= 4 is 5.91 Å². The maximum Gasteiger partial charge on any atom is 0.416 e.